The number of hydrogen-bond donors (Lipinski definition) is 1. The first-order chi connectivity index (χ1) is 13.0. The minimum atomic E-state index is 0.291. The van der Waals surface area contributed by atoms with E-state index in [1.165, 1.54) is 51.4 Å². The number of halogens is 3. The van der Waals surface area contributed by atoms with E-state index in [0.29, 0.717) is 11.9 Å². The number of phenolic OH excluding ortho intramolecular Hbond substituents is 1. The Morgan fingerprint density at radius 2 is 1.33 bits per heavy atom. The molecule has 2 fully saturated rings. The van der Waals surface area contributed by atoms with Crippen molar-refractivity contribution >= 4 is 47.8 Å². The van der Waals surface area contributed by atoms with Crippen molar-refractivity contribution in [2.24, 2.45) is 0 Å². The summed E-state index contributed by atoms with van der Waals surface area (Å²) in [4.78, 5) is 0.859. The standard InChI is InChI=1S/C11H13BrO.C6H5BrO.C5H9Br/c12-9-4-3-7-11(8-9)13-10-5-1-2-6-10;7-5-2-1-3-6(8)4-5;6-5-3-1-2-4-5/h3-4,7-8,10H,1-2,5-6H2;1-4,8H;5H,1-4H2. The number of ether oxygens (including phenoxy) is 1. The van der Waals surface area contributed by atoms with E-state index in [4.69, 9.17) is 9.84 Å². The maximum absolute atomic E-state index is 8.78. The van der Waals surface area contributed by atoms with Gasteiger partial charge in [0.2, 0.25) is 0 Å². The van der Waals surface area contributed by atoms with Crippen molar-refractivity contribution in [2.45, 2.75) is 62.3 Å². The van der Waals surface area contributed by atoms with Crippen LogP contribution in [0.2, 0.25) is 0 Å². The fourth-order valence-electron chi connectivity index (χ4n) is 3.09. The molecule has 0 aromatic heterocycles. The molecule has 0 unspecified atom stereocenters. The van der Waals surface area contributed by atoms with E-state index in [-0.39, 0.29) is 0 Å². The van der Waals surface area contributed by atoms with Gasteiger partial charge in [0, 0.05) is 13.8 Å². The van der Waals surface area contributed by atoms with Gasteiger partial charge in [0.15, 0.2) is 0 Å². The number of benzene rings is 2. The normalized spacial score (nSPS) is 16.9. The molecule has 0 radical (unpaired) electrons. The Labute approximate surface area is 188 Å². The fourth-order valence-corrected chi connectivity index (χ4v) is 4.50. The number of phenols is 1. The molecule has 1 N–H and O–H groups in total. The van der Waals surface area contributed by atoms with Crippen molar-refractivity contribution in [3.63, 3.8) is 0 Å². The molecule has 0 spiro atoms. The lowest BCUT2D eigenvalue weighted by Crippen LogP contribution is -2.10. The van der Waals surface area contributed by atoms with Gasteiger partial charge in [-0.15, -0.1) is 0 Å². The average molecular weight is 563 g/mol. The lowest BCUT2D eigenvalue weighted by atomic mass is 10.3. The van der Waals surface area contributed by atoms with E-state index in [1.807, 2.05) is 30.3 Å². The molecular weight excluding hydrogens is 536 g/mol. The van der Waals surface area contributed by atoms with Gasteiger partial charge in [-0.05, 0) is 74.9 Å². The molecule has 2 saturated carbocycles. The quantitative estimate of drug-likeness (QED) is 0.373. The van der Waals surface area contributed by atoms with E-state index in [0.717, 1.165) is 19.5 Å². The molecule has 2 aliphatic carbocycles. The Kier molecular flexibility index (Phi) is 10.8. The van der Waals surface area contributed by atoms with Crippen LogP contribution in [0, 0.1) is 0 Å². The van der Waals surface area contributed by atoms with Crippen molar-refractivity contribution in [3.05, 3.63) is 57.5 Å². The Hall–Kier alpha value is -0.520. The van der Waals surface area contributed by atoms with Crippen LogP contribution in [0.5, 0.6) is 11.5 Å². The molecular formula is C22H27Br3O2. The summed E-state index contributed by atoms with van der Waals surface area (Å²) in [6.45, 7) is 0. The van der Waals surface area contributed by atoms with Crippen LogP contribution in [0.4, 0.5) is 0 Å². The SMILES string of the molecule is BrC1CCCC1.Brc1cccc(OC2CCCC2)c1.Oc1cccc(Br)c1. The van der Waals surface area contributed by atoms with Crippen LogP contribution in [0.3, 0.4) is 0 Å². The summed E-state index contributed by atoms with van der Waals surface area (Å²) >= 11 is 10.2. The van der Waals surface area contributed by atoms with E-state index in [1.54, 1.807) is 18.2 Å². The zero-order valence-electron chi connectivity index (χ0n) is 15.4. The highest BCUT2D eigenvalue weighted by Gasteiger charge is 2.16. The first-order valence-corrected chi connectivity index (χ1v) is 12.0. The highest BCUT2D eigenvalue weighted by atomic mass is 79.9. The molecule has 2 nitrogen and oxygen atoms in total. The predicted molar refractivity (Wildman–Crippen MR) is 124 cm³/mol. The molecule has 5 heteroatoms. The van der Waals surface area contributed by atoms with Gasteiger partial charge in [0.1, 0.15) is 11.5 Å². The number of hydrogen-bond acceptors (Lipinski definition) is 2. The van der Waals surface area contributed by atoms with Gasteiger partial charge in [0.05, 0.1) is 6.10 Å². The summed E-state index contributed by atoms with van der Waals surface area (Å²) in [6, 6.07) is 15.0. The van der Waals surface area contributed by atoms with Gasteiger partial charge in [-0.3, -0.25) is 0 Å². The summed E-state index contributed by atoms with van der Waals surface area (Å²) in [5, 5.41) is 8.78. The molecule has 0 atom stereocenters. The maximum Gasteiger partial charge on any atom is 0.120 e. The van der Waals surface area contributed by atoms with Crippen LogP contribution in [0.25, 0.3) is 0 Å². The Morgan fingerprint density at radius 3 is 1.78 bits per heavy atom. The highest BCUT2D eigenvalue weighted by molar-refractivity contribution is 9.10. The van der Waals surface area contributed by atoms with Crippen LogP contribution in [0.1, 0.15) is 51.4 Å². The average Bonchev–Trinajstić information content (AvgIpc) is 3.30. The topological polar surface area (TPSA) is 29.5 Å². The summed E-state index contributed by atoms with van der Waals surface area (Å²) in [5.41, 5.74) is 0. The van der Waals surface area contributed by atoms with Crippen LogP contribution in [0.15, 0.2) is 57.5 Å². The van der Waals surface area contributed by atoms with E-state index in [2.05, 4.69) is 47.8 Å². The van der Waals surface area contributed by atoms with Gasteiger partial charge in [-0.1, -0.05) is 72.8 Å². The minimum absolute atomic E-state index is 0.291. The second kappa shape index (κ2) is 12.8. The second-order valence-electron chi connectivity index (χ2n) is 6.84. The van der Waals surface area contributed by atoms with E-state index >= 15 is 0 Å². The molecule has 0 saturated heterocycles. The van der Waals surface area contributed by atoms with Crippen molar-refractivity contribution in [1.29, 1.82) is 0 Å². The molecule has 0 bridgehead atoms. The third kappa shape index (κ3) is 10.00. The summed E-state index contributed by atoms with van der Waals surface area (Å²) in [6.07, 6.45) is 11.2. The predicted octanol–water partition coefficient (Wildman–Crippen LogP) is 8.25. The molecule has 2 aromatic rings. The van der Waals surface area contributed by atoms with Crippen LogP contribution >= 0.6 is 47.8 Å². The van der Waals surface area contributed by atoms with Crippen LogP contribution < -0.4 is 4.74 Å². The van der Waals surface area contributed by atoms with Gasteiger partial charge in [0.25, 0.3) is 0 Å². The number of rotatable bonds is 2. The van der Waals surface area contributed by atoms with Crippen molar-refractivity contribution in [2.75, 3.05) is 0 Å². The fraction of sp³-hybridized carbons (Fsp3) is 0.455. The Bertz CT molecular complexity index is 649. The third-order valence-electron chi connectivity index (χ3n) is 4.49. The first kappa shape index (κ1) is 22.8. The largest absolute Gasteiger partial charge is 0.508 e. The lowest BCUT2D eigenvalue weighted by molar-refractivity contribution is 0.210. The first-order valence-electron chi connectivity index (χ1n) is 9.54. The van der Waals surface area contributed by atoms with E-state index < -0.39 is 0 Å². The Balaban J connectivity index is 0.000000159. The smallest absolute Gasteiger partial charge is 0.120 e. The van der Waals surface area contributed by atoms with Crippen molar-refractivity contribution < 1.29 is 9.84 Å². The summed E-state index contributed by atoms with van der Waals surface area (Å²) < 4.78 is 7.81. The molecule has 0 heterocycles. The molecule has 2 aliphatic rings. The monoisotopic (exact) mass is 560 g/mol. The zero-order chi connectivity index (χ0) is 19.5. The second-order valence-corrected chi connectivity index (χ2v) is 9.97. The lowest BCUT2D eigenvalue weighted by Gasteiger charge is -2.12. The Morgan fingerprint density at radius 1 is 0.778 bits per heavy atom. The van der Waals surface area contributed by atoms with Crippen LogP contribution in [-0.4, -0.2) is 16.0 Å². The zero-order valence-corrected chi connectivity index (χ0v) is 20.2. The minimum Gasteiger partial charge on any atom is -0.508 e. The maximum atomic E-state index is 8.78. The van der Waals surface area contributed by atoms with Crippen molar-refractivity contribution in [3.8, 4) is 11.5 Å². The third-order valence-corrected chi connectivity index (χ3v) is 6.40. The van der Waals surface area contributed by atoms with Crippen molar-refractivity contribution in [1.82, 2.24) is 0 Å². The molecule has 0 aliphatic heterocycles. The molecule has 2 aromatic carbocycles. The van der Waals surface area contributed by atoms with Crippen LogP contribution in [-0.2, 0) is 0 Å². The highest BCUT2D eigenvalue weighted by Crippen LogP contribution is 2.26. The number of alkyl halides is 1. The number of aromatic hydroxyl groups is 1. The molecule has 4 rings (SSSR count). The van der Waals surface area contributed by atoms with Gasteiger partial charge >= 0.3 is 0 Å². The van der Waals surface area contributed by atoms with Gasteiger partial charge in [-0.2, -0.15) is 0 Å². The molecule has 27 heavy (non-hydrogen) atoms. The van der Waals surface area contributed by atoms with E-state index in [9.17, 15) is 0 Å². The summed E-state index contributed by atoms with van der Waals surface area (Å²) in [5.74, 6) is 1.28. The summed E-state index contributed by atoms with van der Waals surface area (Å²) in [7, 11) is 0. The molecule has 148 valence electrons. The van der Waals surface area contributed by atoms with Gasteiger partial charge in [-0.25, -0.2) is 0 Å². The molecule has 0 amide bonds. The van der Waals surface area contributed by atoms with Gasteiger partial charge < -0.3 is 9.84 Å².